The van der Waals surface area contributed by atoms with E-state index in [9.17, 15) is 4.79 Å². The summed E-state index contributed by atoms with van der Waals surface area (Å²) in [6.07, 6.45) is 6.71. The third-order valence-electron chi connectivity index (χ3n) is 1.16. The highest BCUT2D eigenvalue weighted by Gasteiger charge is 1.83. The zero-order chi connectivity index (χ0) is 8.53. The lowest BCUT2D eigenvalue weighted by atomic mass is 10.2. The third kappa shape index (κ3) is 9.50. The second-order valence-electron chi connectivity index (χ2n) is 2.29. The van der Waals surface area contributed by atoms with Crippen molar-refractivity contribution in [2.75, 3.05) is 5.88 Å². The van der Waals surface area contributed by atoms with Crippen LogP contribution in [0.4, 0.5) is 0 Å². The number of hydrogen-bond donors (Lipinski definition) is 1. The molecule has 0 aromatic heterocycles. The predicted molar refractivity (Wildman–Crippen MR) is 47.5 cm³/mol. The van der Waals surface area contributed by atoms with Crippen molar-refractivity contribution in [1.82, 2.24) is 5.32 Å². The molecule has 0 aliphatic heterocycles. The van der Waals surface area contributed by atoms with Crippen LogP contribution in [-0.2, 0) is 4.79 Å². The lowest BCUT2D eigenvalue weighted by Gasteiger charge is -1.92. The Morgan fingerprint density at radius 2 is 2.27 bits per heavy atom. The van der Waals surface area contributed by atoms with Crippen molar-refractivity contribution in [2.24, 2.45) is 0 Å². The molecular formula is C8H14ClNO. The Morgan fingerprint density at radius 1 is 1.55 bits per heavy atom. The molecule has 11 heavy (non-hydrogen) atoms. The normalized spacial score (nSPS) is 10.4. The van der Waals surface area contributed by atoms with Crippen molar-refractivity contribution in [3.05, 3.63) is 12.3 Å². The van der Waals surface area contributed by atoms with Crippen molar-refractivity contribution in [3.8, 4) is 0 Å². The first kappa shape index (κ1) is 10.5. The molecule has 0 fully saturated rings. The lowest BCUT2D eigenvalue weighted by molar-refractivity contribution is -0.118. The van der Waals surface area contributed by atoms with Crippen molar-refractivity contribution in [1.29, 1.82) is 0 Å². The maximum absolute atomic E-state index is 10.3. The van der Waals surface area contributed by atoms with E-state index >= 15 is 0 Å². The molecule has 0 spiro atoms. The van der Waals surface area contributed by atoms with Crippen LogP contribution in [0.1, 0.15) is 26.2 Å². The molecule has 0 aliphatic rings. The van der Waals surface area contributed by atoms with E-state index in [0.29, 0.717) is 5.88 Å². The zero-order valence-electron chi connectivity index (χ0n) is 6.77. The maximum atomic E-state index is 10.3. The van der Waals surface area contributed by atoms with Gasteiger partial charge in [0.2, 0.25) is 5.91 Å². The summed E-state index contributed by atoms with van der Waals surface area (Å²) >= 11 is 5.47. The molecule has 3 heteroatoms. The number of unbranched alkanes of at least 4 members (excludes halogenated alkanes) is 2. The first-order chi connectivity index (χ1) is 5.27. The van der Waals surface area contributed by atoms with Crippen molar-refractivity contribution >= 4 is 17.5 Å². The standard InChI is InChI=1S/C8H14ClNO/c1-8(11)10-7-5-3-2-4-6-9/h5,7H,2-4,6H2,1H3,(H,10,11)/b7-5+. The SMILES string of the molecule is CC(=O)N/C=C/CCCCCl. The van der Waals surface area contributed by atoms with E-state index in [-0.39, 0.29) is 5.91 Å². The molecule has 1 N–H and O–H groups in total. The van der Waals surface area contributed by atoms with Gasteiger partial charge in [0.05, 0.1) is 0 Å². The van der Waals surface area contributed by atoms with Crippen LogP contribution in [0, 0.1) is 0 Å². The Morgan fingerprint density at radius 3 is 2.82 bits per heavy atom. The Kier molecular flexibility index (Phi) is 7.26. The van der Waals surface area contributed by atoms with Gasteiger partial charge < -0.3 is 5.32 Å². The van der Waals surface area contributed by atoms with Gasteiger partial charge in [-0.2, -0.15) is 0 Å². The molecule has 0 aliphatic carbocycles. The second-order valence-corrected chi connectivity index (χ2v) is 2.67. The van der Waals surface area contributed by atoms with Gasteiger partial charge in [-0.05, 0) is 25.5 Å². The number of alkyl halides is 1. The highest BCUT2D eigenvalue weighted by atomic mass is 35.5. The predicted octanol–water partition coefficient (Wildman–Crippen LogP) is 2.05. The van der Waals surface area contributed by atoms with Gasteiger partial charge >= 0.3 is 0 Å². The van der Waals surface area contributed by atoms with Gasteiger partial charge in [-0.15, -0.1) is 11.6 Å². The van der Waals surface area contributed by atoms with Crippen LogP contribution in [0.2, 0.25) is 0 Å². The summed E-state index contributed by atoms with van der Waals surface area (Å²) in [5, 5.41) is 2.57. The maximum Gasteiger partial charge on any atom is 0.220 e. The van der Waals surface area contributed by atoms with Crippen LogP contribution >= 0.6 is 11.6 Å². The van der Waals surface area contributed by atoms with E-state index in [1.54, 1.807) is 6.20 Å². The number of rotatable bonds is 5. The molecule has 0 rings (SSSR count). The van der Waals surface area contributed by atoms with Gasteiger partial charge in [0.15, 0.2) is 0 Å². The Labute approximate surface area is 72.6 Å². The van der Waals surface area contributed by atoms with E-state index in [4.69, 9.17) is 11.6 Å². The third-order valence-corrected chi connectivity index (χ3v) is 1.43. The highest BCUT2D eigenvalue weighted by molar-refractivity contribution is 6.17. The van der Waals surface area contributed by atoms with Gasteiger partial charge in [0.1, 0.15) is 0 Å². The topological polar surface area (TPSA) is 29.1 Å². The first-order valence-electron chi connectivity index (χ1n) is 3.75. The average molecular weight is 176 g/mol. The smallest absolute Gasteiger partial charge is 0.220 e. The molecule has 0 saturated carbocycles. The van der Waals surface area contributed by atoms with Gasteiger partial charge in [-0.3, -0.25) is 4.79 Å². The Bertz CT molecular complexity index is 134. The number of allylic oxidation sites excluding steroid dienone is 1. The molecule has 0 unspecified atom stereocenters. The summed E-state index contributed by atoms with van der Waals surface area (Å²) in [6, 6.07) is 0. The summed E-state index contributed by atoms with van der Waals surface area (Å²) in [6.45, 7) is 1.49. The number of amides is 1. The van der Waals surface area contributed by atoms with Gasteiger partial charge in [0, 0.05) is 12.8 Å². The van der Waals surface area contributed by atoms with Gasteiger partial charge in [-0.1, -0.05) is 6.08 Å². The highest BCUT2D eigenvalue weighted by Crippen LogP contribution is 1.96. The molecule has 0 aromatic carbocycles. The number of halogens is 1. The summed E-state index contributed by atoms with van der Waals surface area (Å²) in [7, 11) is 0. The van der Waals surface area contributed by atoms with Gasteiger partial charge in [-0.25, -0.2) is 0 Å². The minimum Gasteiger partial charge on any atom is -0.333 e. The molecule has 0 saturated heterocycles. The molecule has 2 nitrogen and oxygen atoms in total. The molecular weight excluding hydrogens is 162 g/mol. The van der Waals surface area contributed by atoms with E-state index in [2.05, 4.69) is 5.32 Å². The van der Waals surface area contributed by atoms with E-state index < -0.39 is 0 Å². The minimum atomic E-state index is -0.0291. The largest absolute Gasteiger partial charge is 0.333 e. The first-order valence-corrected chi connectivity index (χ1v) is 4.29. The second kappa shape index (κ2) is 7.61. The average Bonchev–Trinajstić information content (AvgIpc) is 1.96. The van der Waals surface area contributed by atoms with Crippen LogP contribution < -0.4 is 5.32 Å². The number of nitrogens with one attached hydrogen (secondary N) is 1. The minimum absolute atomic E-state index is 0.0291. The van der Waals surface area contributed by atoms with Crippen molar-refractivity contribution in [2.45, 2.75) is 26.2 Å². The summed E-state index contributed by atoms with van der Waals surface area (Å²) in [5.74, 6) is 0.687. The molecule has 1 amide bonds. The fraction of sp³-hybridized carbons (Fsp3) is 0.625. The fourth-order valence-electron chi connectivity index (χ4n) is 0.616. The number of hydrogen-bond acceptors (Lipinski definition) is 1. The van der Waals surface area contributed by atoms with Crippen LogP contribution in [0.25, 0.3) is 0 Å². The van der Waals surface area contributed by atoms with Gasteiger partial charge in [0.25, 0.3) is 0 Å². The van der Waals surface area contributed by atoms with Crippen molar-refractivity contribution < 1.29 is 4.79 Å². The number of carbonyl (C=O) groups excluding carboxylic acids is 1. The molecule has 0 aromatic rings. The summed E-state index contributed by atoms with van der Waals surface area (Å²) in [5.41, 5.74) is 0. The molecule has 0 atom stereocenters. The molecule has 0 bridgehead atoms. The number of carbonyl (C=O) groups is 1. The lowest BCUT2D eigenvalue weighted by Crippen LogP contribution is -2.11. The van der Waals surface area contributed by atoms with Crippen LogP contribution in [-0.4, -0.2) is 11.8 Å². The van der Waals surface area contributed by atoms with Crippen LogP contribution in [0.3, 0.4) is 0 Å². The zero-order valence-corrected chi connectivity index (χ0v) is 7.53. The Hall–Kier alpha value is -0.500. The van der Waals surface area contributed by atoms with Crippen LogP contribution in [0.5, 0.6) is 0 Å². The van der Waals surface area contributed by atoms with Crippen LogP contribution in [0.15, 0.2) is 12.3 Å². The fourth-order valence-corrected chi connectivity index (χ4v) is 0.805. The van der Waals surface area contributed by atoms with Crippen molar-refractivity contribution in [3.63, 3.8) is 0 Å². The molecule has 64 valence electrons. The molecule has 0 heterocycles. The quantitative estimate of drug-likeness (QED) is 0.503. The summed E-state index contributed by atoms with van der Waals surface area (Å²) < 4.78 is 0. The van der Waals surface area contributed by atoms with E-state index in [1.165, 1.54) is 6.92 Å². The Balaban J connectivity index is 3.10. The molecule has 0 radical (unpaired) electrons. The van der Waals surface area contributed by atoms with E-state index in [0.717, 1.165) is 19.3 Å². The summed E-state index contributed by atoms with van der Waals surface area (Å²) in [4.78, 5) is 10.3. The van der Waals surface area contributed by atoms with E-state index in [1.807, 2.05) is 6.08 Å². The monoisotopic (exact) mass is 175 g/mol.